The third-order valence-electron chi connectivity index (χ3n) is 4.21. The van der Waals surface area contributed by atoms with E-state index in [2.05, 4.69) is 31.0 Å². The Hall–Kier alpha value is -0.610. The Morgan fingerprint density at radius 1 is 1.42 bits per heavy atom. The number of nitrogens with one attached hydrogen (secondary N) is 1. The molecule has 1 saturated heterocycles. The van der Waals surface area contributed by atoms with Gasteiger partial charge < -0.3 is 11.1 Å². The number of carbonyl (C=O) groups is 1. The van der Waals surface area contributed by atoms with Crippen LogP contribution in [0.4, 0.5) is 0 Å². The summed E-state index contributed by atoms with van der Waals surface area (Å²) in [5.74, 6) is 2.11. The van der Waals surface area contributed by atoms with E-state index in [1.807, 2.05) is 0 Å². The van der Waals surface area contributed by atoms with Crippen molar-refractivity contribution in [3.63, 3.8) is 0 Å². The van der Waals surface area contributed by atoms with Crippen LogP contribution in [0.15, 0.2) is 0 Å². The maximum Gasteiger partial charge on any atom is 0.234 e. The fourth-order valence-electron chi connectivity index (χ4n) is 2.83. The minimum absolute atomic E-state index is 0.168. The molecule has 1 heterocycles. The quantitative estimate of drug-likeness (QED) is 0.735. The number of rotatable bonds is 7. The summed E-state index contributed by atoms with van der Waals surface area (Å²) in [5, 5.41) is 3.01. The molecule has 0 radical (unpaired) electrons. The van der Waals surface area contributed by atoms with E-state index in [1.54, 1.807) is 0 Å². The molecular formula is C15H31N3O. The lowest BCUT2D eigenvalue weighted by molar-refractivity contribution is -0.122. The molecule has 1 amide bonds. The number of nitrogens with zero attached hydrogens (tertiary/aromatic N) is 1. The average Bonchev–Trinajstić information content (AvgIpc) is 2.38. The number of likely N-dealkylation sites (tertiary alicyclic amines) is 1. The lowest BCUT2D eigenvalue weighted by Crippen LogP contribution is -2.46. The van der Waals surface area contributed by atoms with Gasteiger partial charge in [0, 0.05) is 13.1 Å². The fourth-order valence-corrected chi connectivity index (χ4v) is 2.83. The highest BCUT2D eigenvalue weighted by molar-refractivity contribution is 5.77. The minimum atomic E-state index is 0.168. The maximum absolute atomic E-state index is 11.9. The van der Waals surface area contributed by atoms with Gasteiger partial charge in [-0.1, -0.05) is 27.2 Å². The van der Waals surface area contributed by atoms with Crippen LogP contribution < -0.4 is 11.1 Å². The predicted octanol–water partition coefficient (Wildman–Crippen LogP) is 1.46. The maximum atomic E-state index is 11.9. The van der Waals surface area contributed by atoms with E-state index in [0.29, 0.717) is 24.3 Å². The first kappa shape index (κ1) is 16.4. The zero-order chi connectivity index (χ0) is 14.3. The van der Waals surface area contributed by atoms with Gasteiger partial charge in [0.2, 0.25) is 5.91 Å². The van der Waals surface area contributed by atoms with Gasteiger partial charge in [0.05, 0.1) is 6.54 Å². The molecule has 112 valence electrons. The fraction of sp³-hybridized carbons (Fsp3) is 0.933. The molecule has 0 aliphatic carbocycles. The molecule has 0 spiro atoms. The smallest absolute Gasteiger partial charge is 0.234 e. The van der Waals surface area contributed by atoms with E-state index in [9.17, 15) is 4.79 Å². The molecule has 1 fully saturated rings. The summed E-state index contributed by atoms with van der Waals surface area (Å²) >= 11 is 0. The van der Waals surface area contributed by atoms with Crippen LogP contribution in [0.3, 0.4) is 0 Å². The summed E-state index contributed by atoms with van der Waals surface area (Å²) in [7, 11) is 0. The van der Waals surface area contributed by atoms with Crippen LogP contribution in [0.1, 0.15) is 40.0 Å². The number of amides is 1. The highest BCUT2D eigenvalue weighted by Crippen LogP contribution is 2.24. The van der Waals surface area contributed by atoms with E-state index in [1.165, 1.54) is 0 Å². The van der Waals surface area contributed by atoms with Crippen LogP contribution >= 0.6 is 0 Å². The molecule has 4 heteroatoms. The van der Waals surface area contributed by atoms with Crippen LogP contribution in [0.25, 0.3) is 0 Å². The number of hydrogen-bond donors (Lipinski definition) is 2. The van der Waals surface area contributed by atoms with Crippen molar-refractivity contribution in [2.45, 2.75) is 40.0 Å². The van der Waals surface area contributed by atoms with Crippen molar-refractivity contribution in [1.82, 2.24) is 10.2 Å². The summed E-state index contributed by atoms with van der Waals surface area (Å²) < 4.78 is 0. The molecule has 4 nitrogen and oxygen atoms in total. The van der Waals surface area contributed by atoms with Crippen LogP contribution in [0.2, 0.25) is 0 Å². The molecule has 19 heavy (non-hydrogen) atoms. The zero-order valence-corrected chi connectivity index (χ0v) is 12.8. The summed E-state index contributed by atoms with van der Waals surface area (Å²) in [6, 6.07) is 0. The van der Waals surface area contributed by atoms with Crippen molar-refractivity contribution in [2.24, 2.45) is 23.5 Å². The monoisotopic (exact) mass is 269 g/mol. The highest BCUT2D eigenvalue weighted by Gasteiger charge is 2.27. The second-order valence-corrected chi connectivity index (χ2v) is 6.22. The molecule has 2 unspecified atom stereocenters. The molecule has 0 aromatic heterocycles. The van der Waals surface area contributed by atoms with E-state index >= 15 is 0 Å². The Balaban J connectivity index is 2.27. The number of carbonyl (C=O) groups excluding carboxylic acids is 1. The van der Waals surface area contributed by atoms with Gasteiger partial charge in [-0.05, 0) is 43.7 Å². The van der Waals surface area contributed by atoms with Gasteiger partial charge in [-0.2, -0.15) is 0 Å². The highest BCUT2D eigenvalue weighted by atomic mass is 16.2. The van der Waals surface area contributed by atoms with Crippen LogP contribution in [-0.2, 0) is 4.79 Å². The summed E-state index contributed by atoms with van der Waals surface area (Å²) in [5.41, 5.74) is 5.81. The van der Waals surface area contributed by atoms with Gasteiger partial charge in [0.25, 0.3) is 0 Å². The molecule has 0 saturated carbocycles. The number of hydrogen-bond acceptors (Lipinski definition) is 3. The second kappa shape index (κ2) is 8.54. The van der Waals surface area contributed by atoms with Crippen LogP contribution in [-0.4, -0.2) is 43.5 Å². The molecule has 1 aliphatic rings. The predicted molar refractivity (Wildman–Crippen MR) is 79.8 cm³/mol. The van der Waals surface area contributed by atoms with Crippen LogP contribution in [0, 0.1) is 17.8 Å². The molecule has 0 aromatic rings. The lowest BCUT2D eigenvalue weighted by atomic mass is 9.84. The Morgan fingerprint density at radius 3 is 2.74 bits per heavy atom. The van der Waals surface area contributed by atoms with Gasteiger partial charge in [-0.25, -0.2) is 0 Å². The van der Waals surface area contributed by atoms with E-state index in [0.717, 1.165) is 45.4 Å². The van der Waals surface area contributed by atoms with E-state index < -0.39 is 0 Å². The molecule has 1 rings (SSSR count). The molecule has 3 N–H and O–H groups in total. The zero-order valence-electron chi connectivity index (χ0n) is 12.8. The first-order chi connectivity index (χ1) is 9.06. The van der Waals surface area contributed by atoms with Crippen molar-refractivity contribution < 1.29 is 4.79 Å². The SMILES string of the molecule is CCC1CN(CC(=O)NCCC(C)C)CCC1CN. The summed E-state index contributed by atoms with van der Waals surface area (Å²) in [6.45, 7) is 10.7. The normalized spacial score (nSPS) is 24.7. The molecule has 0 bridgehead atoms. The summed E-state index contributed by atoms with van der Waals surface area (Å²) in [4.78, 5) is 14.1. The number of piperidine rings is 1. The van der Waals surface area contributed by atoms with E-state index in [4.69, 9.17) is 5.73 Å². The van der Waals surface area contributed by atoms with Gasteiger partial charge in [-0.15, -0.1) is 0 Å². The van der Waals surface area contributed by atoms with Crippen molar-refractivity contribution in [1.29, 1.82) is 0 Å². The Bertz CT molecular complexity index is 268. The molecule has 0 aromatic carbocycles. The van der Waals surface area contributed by atoms with Gasteiger partial charge in [0.15, 0.2) is 0 Å². The van der Waals surface area contributed by atoms with Crippen molar-refractivity contribution in [3.8, 4) is 0 Å². The van der Waals surface area contributed by atoms with Gasteiger partial charge in [-0.3, -0.25) is 9.69 Å². The average molecular weight is 269 g/mol. The van der Waals surface area contributed by atoms with Crippen LogP contribution in [0.5, 0.6) is 0 Å². The van der Waals surface area contributed by atoms with E-state index in [-0.39, 0.29) is 5.91 Å². The third-order valence-corrected chi connectivity index (χ3v) is 4.21. The Labute approximate surface area is 118 Å². The molecular weight excluding hydrogens is 238 g/mol. The largest absolute Gasteiger partial charge is 0.355 e. The molecule has 1 aliphatic heterocycles. The van der Waals surface area contributed by atoms with Gasteiger partial charge >= 0.3 is 0 Å². The second-order valence-electron chi connectivity index (χ2n) is 6.22. The Kier molecular flexibility index (Phi) is 7.39. The Morgan fingerprint density at radius 2 is 2.16 bits per heavy atom. The standard InChI is InChI=1S/C15H31N3O/c1-4-13-10-18(8-6-14(13)9-16)11-15(19)17-7-5-12(2)3/h12-14H,4-11,16H2,1-3H3,(H,17,19). The summed E-state index contributed by atoms with van der Waals surface area (Å²) in [6.07, 6.45) is 3.35. The lowest BCUT2D eigenvalue weighted by Gasteiger charge is -2.37. The third kappa shape index (κ3) is 5.91. The van der Waals surface area contributed by atoms with Crippen molar-refractivity contribution in [3.05, 3.63) is 0 Å². The topological polar surface area (TPSA) is 58.4 Å². The minimum Gasteiger partial charge on any atom is -0.355 e. The van der Waals surface area contributed by atoms with Crippen molar-refractivity contribution in [2.75, 3.05) is 32.7 Å². The van der Waals surface area contributed by atoms with Crippen molar-refractivity contribution >= 4 is 5.91 Å². The van der Waals surface area contributed by atoms with Gasteiger partial charge in [0.1, 0.15) is 0 Å². The first-order valence-electron chi connectivity index (χ1n) is 7.75. The molecule has 2 atom stereocenters. The first-order valence-corrected chi connectivity index (χ1v) is 7.75. The number of nitrogens with two attached hydrogens (primary N) is 1.